The minimum atomic E-state index is 1.01. The second-order valence-electron chi connectivity index (χ2n) is 5.12. The summed E-state index contributed by atoms with van der Waals surface area (Å²) in [6.45, 7) is 10.9. The molecule has 16 heavy (non-hydrogen) atoms. The number of piperidine rings is 1. The molecule has 1 heterocycles. The first-order valence-electron chi connectivity index (χ1n) is 7.29. The maximum atomic E-state index is 3.44. The van der Waals surface area contributed by atoms with Crippen molar-refractivity contribution in [1.29, 1.82) is 0 Å². The molecule has 1 N–H and O–H groups in total. The largest absolute Gasteiger partial charge is 0.317 e. The minimum absolute atomic E-state index is 1.01. The lowest BCUT2D eigenvalue weighted by atomic mass is 9.93. The highest BCUT2D eigenvalue weighted by molar-refractivity contribution is 4.69. The Balaban J connectivity index is 2.02. The Morgan fingerprint density at radius 2 is 1.75 bits per heavy atom. The van der Waals surface area contributed by atoms with Crippen LogP contribution in [-0.2, 0) is 0 Å². The lowest BCUT2D eigenvalue weighted by molar-refractivity contribution is 0.258. The third kappa shape index (κ3) is 5.86. The fraction of sp³-hybridized carbons (Fsp3) is 1.00. The molecule has 0 bridgehead atoms. The highest BCUT2D eigenvalue weighted by Gasteiger charge is 2.12. The number of hydrogen-bond donors (Lipinski definition) is 1. The van der Waals surface area contributed by atoms with Crippen LogP contribution in [0.1, 0.15) is 52.4 Å². The molecule has 1 rings (SSSR count). The van der Waals surface area contributed by atoms with Crippen molar-refractivity contribution >= 4 is 0 Å². The topological polar surface area (TPSA) is 15.3 Å². The second kappa shape index (κ2) is 9.00. The van der Waals surface area contributed by atoms with Crippen LogP contribution in [0, 0.1) is 5.92 Å². The van der Waals surface area contributed by atoms with Gasteiger partial charge in [-0.05, 0) is 70.7 Å². The van der Waals surface area contributed by atoms with Crippen molar-refractivity contribution in [2.75, 3.05) is 32.7 Å². The van der Waals surface area contributed by atoms with E-state index in [1.165, 1.54) is 71.2 Å². The van der Waals surface area contributed by atoms with Crippen LogP contribution in [0.5, 0.6) is 0 Å². The van der Waals surface area contributed by atoms with Gasteiger partial charge >= 0.3 is 0 Å². The van der Waals surface area contributed by atoms with E-state index in [0.29, 0.717) is 0 Å². The maximum absolute atomic E-state index is 3.44. The Morgan fingerprint density at radius 3 is 2.38 bits per heavy atom. The maximum Gasteiger partial charge on any atom is -0.00188 e. The molecule has 0 unspecified atom stereocenters. The fourth-order valence-corrected chi connectivity index (χ4v) is 2.58. The van der Waals surface area contributed by atoms with Gasteiger partial charge < -0.3 is 10.2 Å². The summed E-state index contributed by atoms with van der Waals surface area (Å²) in [5.41, 5.74) is 0. The van der Waals surface area contributed by atoms with Gasteiger partial charge in [-0.25, -0.2) is 0 Å². The van der Waals surface area contributed by atoms with E-state index in [4.69, 9.17) is 0 Å². The summed E-state index contributed by atoms with van der Waals surface area (Å²) in [6.07, 6.45) is 8.35. The zero-order chi connectivity index (χ0) is 11.6. The molecular formula is C14H30N2. The number of unbranched alkanes of at least 4 members (excludes halogenated alkanes) is 1. The molecule has 1 aliphatic rings. The predicted octanol–water partition coefficient (Wildman–Crippen LogP) is 2.89. The SMILES string of the molecule is CCCCN(CC)CCCC1CCNCC1. The van der Waals surface area contributed by atoms with Crippen molar-refractivity contribution in [3.63, 3.8) is 0 Å². The highest BCUT2D eigenvalue weighted by atomic mass is 15.1. The minimum Gasteiger partial charge on any atom is -0.317 e. The molecular weight excluding hydrogens is 196 g/mol. The van der Waals surface area contributed by atoms with Crippen molar-refractivity contribution in [2.45, 2.75) is 52.4 Å². The Kier molecular flexibility index (Phi) is 7.87. The lowest BCUT2D eigenvalue weighted by Crippen LogP contribution is -2.29. The van der Waals surface area contributed by atoms with Crippen LogP contribution < -0.4 is 5.32 Å². The van der Waals surface area contributed by atoms with Crippen LogP contribution in [0.25, 0.3) is 0 Å². The molecule has 0 amide bonds. The number of nitrogens with zero attached hydrogens (tertiary/aromatic N) is 1. The zero-order valence-electron chi connectivity index (χ0n) is 11.3. The zero-order valence-corrected chi connectivity index (χ0v) is 11.3. The summed E-state index contributed by atoms with van der Waals surface area (Å²) >= 11 is 0. The van der Waals surface area contributed by atoms with Gasteiger partial charge in [-0.15, -0.1) is 0 Å². The molecule has 0 spiro atoms. The molecule has 0 aromatic heterocycles. The Morgan fingerprint density at radius 1 is 1.06 bits per heavy atom. The summed E-state index contributed by atoms with van der Waals surface area (Å²) in [4.78, 5) is 2.62. The average molecular weight is 226 g/mol. The molecule has 1 fully saturated rings. The van der Waals surface area contributed by atoms with E-state index in [1.807, 2.05) is 0 Å². The van der Waals surface area contributed by atoms with Crippen LogP contribution in [-0.4, -0.2) is 37.6 Å². The first-order chi connectivity index (χ1) is 7.86. The third-order valence-electron chi connectivity index (χ3n) is 3.82. The van der Waals surface area contributed by atoms with E-state index >= 15 is 0 Å². The fourth-order valence-electron chi connectivity index (χ4n) is 2.58. The Labute approximate surface area is 102 Å². The first kappa shape index (κ1) is 14.0. The van der Waals surface area contributed by atoms with Gasteiger partial charge in [0.1, 0.15) is 0 Å². The van der Waals surface area contributed by atoms with Gasteiger partial charge in [-0.1, -0.05) is 20.3 Å². The van der Waals surface area contributed by atoms with Crippen molar-refractivity contribution in [2.24, 2.45) is 5.92 Å². The van der Waals surface area contributed by atoms with Crippen molar-refractivity contribution in [3.8, 4) is 0 Å². The van der Waals surface area contributed by atoms with Gasteiger partial charge in [0.25, 0.3) is 0 Å². The van der Waals surface area contributed by atoms with Crippen LogP contribution in [0.15, 0.2) is 0 Å². The Bertz CT molecular complexity index is 153. The first-order valence-corrected chi connectivity index (χ1v) is 7.29. The molecule has 0 aliphatic carbocycles. The average Bonchev–Trinajstić information content (AvgIpc) is 2.35. The van der Waals surface area contributed by atoms with Gasteiger partial charge in [-0.2, -0.15) is 0 Å². The van der Waals surface area contributed by atoms with Gasteiger partial charge in [0.15, 0.2) is 0 Å². The normalized spacial score (nSPS) is 18.2. The van der Waals surface area contributed by atoms with E-state index in [2.05, 4.69) is 24.1 Å². The van der Waals surface area contributed by atoms with E-state index in [0.717, 1.165) is 5.92 Å². The summed E-state index contributed by atoms with van der Waals surface area (Å²) in [5.74, 6) is 1.01. The van der Waals surface area contributed by atoms with Gasteiger partial charge in [-0.3, -0.25) is 0 Å². The molecule has 0 aromatic rings. The molecule has 1 aliphatic heterocycles. The molecule has 0 aromatic carbocycles. The second-order valence-corrected chi connectivity index (χ2v) is 5.12. The van der Waals surface area contributed by atoms with Crippen molar-refractivity contribution in [3.05, 3.63) is 0 Å². The number of nitrogens with one attached hydrogen (secondary N) is 1. The highest BCUT2D eigenvalue weighted by Crippen LogP contribution is 2.17. The van der Waals surface area contributed by atoms with Crippen LogP contribution in [0.2, 0.25) is 0 Å². The van der Waals surface area contributed by atoms with Gasteiger partial charge in [0.05, 0.1) is 0 Å². The molecule has 2 nitrogen and oxygen atoms in total. The number of rotatable bonds is 8. The van der Waals surface area contributed by atoms with E-state index in [-0.39, 0.29) is 0 Å². The third-order valence-corrected chi connectivity index (χ3v) is 3.82. The van der Waals surface area contributed by atoms with Crippen molar-refractivity contribution in [1.82, 2.24) is 10.2 Å². The quantitative estimate of drug-likeness (QED) is 0.684. The van der Waals surface area contributed by atoms with Crippen LogP contribution in [0.4, 0.5) is 0 Å². The van der Waals surface area contributed by atoms with E-state index < -0.39 is 0 Å². The summed E-state index contributed by atoms with van der Waals surface area (Å²) in [7, 11) is 0. The molecule has 1 saturated heterocycles. The lowest BCUT2D eigenvalue weighted by Gasteiger charge is -2.24. The smallest absolute Gasteiger partial charge is 0.00188 e. The number of hydrogen-bond acceptors (Lipinski definition) is 2. The molecule has 0 atom stereocenters. The molecule has 0 saturated carbocycles. The summed E-state index contributed by atoms with van der Waals surface area (Å²) in [5, 5.41) is 3.44. The Hall–Kier alpha value is -0.0800. The van der Waals surface area contributed by atoms with Crippen molar-refractivity contribution < 1.29 is 0 Å². The molecule has 0 radical (unpaired) electrons. The standard InChI is InChI=1S/C14H30N2/c1-3-5-12-16(4-2)13-6-7-14-8-10-15-11-9-14/h14-15H,3-13H2,1-2H3. The molecule has 2 heteroatoms. The molecule has 96 valence electrons. The predicted molar refractivity (Wildman–Crippen MR) is 71.8 cm³/mol. The van der Waals surface area contributed by atoms with E-state index in [1.54, 1.807) is 0 Å². The van der Waals surface area contributed by atoms with Crippen LogP contribution in [0.3, 0.4) is 0 Å². The van der Waals surface area contributed by atoms with Crippen LogP contribution >= 0.6 is 0 Å². The summed E-state index contributed by atoms with van der Waals surface area (Å²) in [6, 6.07) is 0. The monoisotopic (exact) mass is 226 g/mol. The van der Waals surface area contributed by atoms with E-state index in [9.17, 15) is 0 Å². The van der Waals surface area contributed by atoms with Gasteiger partial charge in [0, 0.05) is 0 Å². The van der Waals surface area contributed by atoms with Gasteiger partial charge in [0.2, 0.25) is 0 Å². The summed E-state index contributed by atoms with van der Waals surface area (Å²) < 4.78 is 0.